The lowest BCUT2D eigenvalue weighted by atomic mass is 10.1. The van der Waals surface area contributed by atoms with Crippen molar-refractivity contribution in [3.63, 3.8) is 0 Å². The third kappa shape index (κ3) is 15.9. The molecule has 31 heavy (non-hydrogen) atoms. The number of hydrogen-bond donors (Lipinski definition) is 5. The maximum absolute atomic E-state index is 11.3. The van der Waals surface area contributed by atoms with E-state index in [1.165, 1.54) is 33.4 Å². The minimum Gasteiger partial charge on any atom is -0.491 e. The van der Waals surface area contributed by atoms with Crippen molar-refractivity contribution in [2.75, 3.05) is 33.8 Å². The molecule has 0 aromatic heterocycles. The predicted molar refractivity (Wildman–Crippen MR) is 138 cm³/mol. The Kier molecular flexibility index (Phi) is 20.9. The van der Waals surface area contributed by atoms with Crippen LogP contribution in [0.15, 0.2) is 26.1 Å². The van der Waals surface area contributed by atoms with Crippen LogP contribution in [0.5, 0.6) is 5.75 Å². The first-order valence-electron chi connectivity index (χ1n) is 10.2. The zero-order valence-electron chi connectivity index (χ0n) is 19.1. The van der Waals surface area contributed by atoms with E-state index in [0.717, 1.165) is 27.5 Å². The summed E-state index contributed by atoms with van der Waals surface area (Å²) in [5, 5.41) is 10.1. The number of benzene rings is 1. The molecule has 8 N–H and O–H groups in total. The Morgan fingerprint density at radius 3 is 2.23 bits per heavy atom. The highest BCUT2D eigenvalue weighted by molar-refractivity contribution is 9.11. The highest BCUT2D eigenvalue weighted by Gasteiger charge is 2.13. The largest absolute Gasteiger partial charge is 0.491 e. The van der Waals surface area contributed by atoms with Crippen molar-refractivity contribution in [3.8, 4) is 5.75 Å². The van der Waals surface area contributed by atoms with Crippen LogP contribution in [0.4, 0.5) is 0 Å². The number of aliphatic imine (C=N–C) groups is 1. The van der Waals surface area contributed by atoms with Gasteiger partial charge in [-0.3, -0.25) is 15.2 Å². The zero-order valence-corrected chi connectivity index (χ0v) is 22.2. The second-order valence-electron chi connectivity index (χ2n) is 6.34. The fraction of sp³-hybridized carbons (Fsp3) is 0.571. The van der Waals surface area contributed by atoms with Gasteiger partial charge in [0.25, 0.3) is 5.91 Å². The van der Waals surface area contributed by atoms with Crippen molar-refractivity contribution in [3.05, 3.63) is 26.6 Å². The Morgan fingerprint density at radius 1 is 1.19 bits per heavy atom. The van der Waals surface area contributed by atoms with Gasteiger partial charge in [-0.05, 0) is 82.9 Å². The van der Waals surface area contributed by atoms with Gasteiger partial charge in [0.05, 0.1) is 21.4 Å². The third-order valence-electron chi connectivity index (χ3n) is 3.66. The standard InChI is InChI=1S/C13H17Br2N3O2.C7H16N2.CH5N/c1-18-13(19)11(17)7-8-5-9(14)12(10(15)6-8)20-4-2-3-16;1-3-4-5-6-9-7(2)8;1-2/h5-6,17H,2-4,7,16H2,1H3,(H,18,19);3-6H2,1-2H3,(H2,8,9);2H2,1H3. The second-order valence-corrected chi connectivity index (χ2v) is 8.05. The minimum atomic E-state index is -0.375. The van der Waals surface area contributed by atoms with Crippen LogP contribution in [0.2, 0.25) is 0 Å². The lowest BCUT2D eigenvalue weighted by Gasteiger charge is -2.12. The van der Waals surface area contributed by atoms with Gasteiger partial charge in [-0.15, -0.1) is 0 Å². The van der Waals surface area contributed by atoms with E-state index in [4.69, 9.17) is 21.6 Å². The van der Waals surface area contributed by atoms with Crippen LogP contribution in [0.25, 0.3) is 0 Å². The van der Waals surface area contributed by atoms with E-state index in [1.807, 2.05) is 19.1 Å². The van der Waals surface area contributed by atoms with E-state index in [-0.39, 0.29) is 18.0 Å². The number of halogens is 2. The molecule has 0 spiro atoms. The number of carbonyl (C=O) groups is 1. The topological polar surface area (TPSA) is 153 Å². The molecule has 178 valence electrons. The first-order chi connectivity index (χ1) is 14.8. The molecule has 0 fully saturated rings. The number of nitrogens with two attached hydrogens (primary N) is 3. The van der Waals surface area contributed by atoms with E-state index < -0.39 is 0 Å². The van der Waals surface area contributed by atoms with E-state index >= 15 is 0 Å². The first-order valence-corrected chi connectivity index (χ1v) is 11.8. The molecule has 0 bridgehead atoms. The highest BCUT2D eigenvalue weighted by atomic mass is 79.9. The number of carbonyl (C=O) groups excluding carboxylic acids is 1. The van der Waals surface area contributed by atoms with Gasteiger partial charge in [0.2, 0.25) is 0 Å². The monoisotopic (exact) mass is 564 g/mol. The van der Waals surface area contributed by atoms with E-state index in [2.05, 4.69) is 54.8 Å². The average molecular weight is 566 g/mol. The average Bonchev–Trinajstić information content (AvgIpc) is 2.74. The van der Waals surface area contributed by atoms with Crippen LogP contribution in [0, 0.1) is 5.41 Å². The minimum absolute atomic E-state index is 0.0168. The molecule has 10 heteroatoms. The summed E-state index contributed by atoms with van der Waals surface area (Å²) >= 11 is 6.87. The third-order valence-corrected chi connectivity index (χ3v) is 4.84. The molecule has 1 aromatic carbocycles. The fourth-order valence-electron chi connectivity index (χ4n) is 2.16. The second kappa shape index (κ2) is 20.4. The lowest BCUT2D eigenvalue weighted by Crippen LogP contribution is -2.28. The molecule has 0 unspecified atom stereocenters. The van der Waals surface area contributed by atoms with Crippen molar-refractivity contribution in [1.82, 2.24) is 5.32 Å². The Bertz CT molecular complexity index is 657. The summed E-state index contributed by atoms with van der Waals surface area (Å²) in [5.41, 5.74) is 16.1. The fourth-order valence-corrected chi connectivity index (χ4v) is 3.67. The van der Waals surface area contributed by atoms with Crippen LogP contribution in [0.1, 0.15) is 45.1 Å². The van der Waals surface area contributed by atoms with Gasteiger partial charge in [-0.25, -0.2) is 0 Å². The Hall–Kier alpha value is -1.49. The Labute approximate surface area is 203 Å². The van der Waals surface area contributed by atoms with Crippen molar-refractivity contribution in [2.24, 2.45) is 22.2 Å². The first kappa shape index (κ1) is 31.7. The van der Waals surface area contributed by atoms with Crippen molar-refractivity contribution in [2.45, 2.75) is 46.0 Å². The summed E-state index contributed by atoms with van der Waals surface area (Å²) in [6, 6.07) is 3.69. The molecular weight excluding hydrogens is 528 g/mol. The van der Waals surface area contributed by atoms with Crippen LogP contribution < -0.4 is 27.3 Å². The number of ether oxygens (including phenoxy) is 1. The summed E-state index contributed by atoms with van der Waals surface area (Å²) in [5.74, 6) is 1.03. The molecule has 0 atom stereocenters. The van der Waals surface area contributed by atoms with E-state index in [9.17, 15) is 4.79 Å². The summed E-state index contributed by atoms with van der Waals surface area (Å²) in [4.78, 5) is 15.4. The molecule has 0 saturated carbocycles. The number of nitrogens with one attached hydrogen (secondary N) is 2. The number of hydrogen-bond acceptors (Lipinski definition) is 6. The SMILES string of the molecule is CCCCCN=C(C)N.CN.CNC(=O)C(=N)Cc1cc(Br)c(OCCCN)c(Br)c1. The van der Waals surface area contributed by atoms with Crippen LogP contribution in [-0.2, 0) is 11.2 Å². The molecule has 8 nitrogen and oxygen atoms in total. The number of unbranched alkanes of at least 4 members (excludes halogenated alkanes) is 2. The molecule has 1 amide bonds. The molecule has 0 heterocycles. The van der Waals surface area contributed by atoms with Gasteiger partial charge in [-0.2, -0.15) is 0 Å². The number of amidine groups is 1. The van der Waals surface area contributed by atoms with E-state index in [0.29, 0.717) is 24.7 Å². The Morgan fingerprint density at radius 2 is 1.77 bits per heavy atom. The Balaban J connectivity index is 0. The molecule has 0 aliphatic rings. The van der Waals surface area contributed by atoms with Gasteiger partial charge in [0, 0.05) is 20.0 Å². The molecular formula is C21H38Br2N6O2. The summed E-state index contributed by atoms with van der Waals surface area (Å²) in [6.45, 7) is 6.03. The predicted octanol–water partition coefficient (Wildman–Crippen LogP) is 3.38. The smallest absolute Gasteiger partial charge is 0.265 e. The van der Waals surface area contributed by atoms with Gasteiger partial charge in [0.15, 0.2) is 0 Å². The molecule has 1 aromatic rings. The number of rotatable bonds is 11. The molecule has 0 saturated heterocycles. The van der Waals surface area contributed by atoms with Crippen LogP contribution in [-0.4, -0.2) is 51.2 Å². The maximum Gasteiger partial charge on any atom is 0.265 e. The van der Waals surface area contributed by atoms with Crippen molar-refractivity contribution in [1.29, 1.82) is 5.41 Å². The van der Waals surface area contributed by atoms with Gasteiger partial charge in [0.1, 0.15) is 11.5 Å². The highest BCUT2D eigenvalue weighted by Crippen LogP contribution is 2.35. The van der Waals surface area contributed by atoms with Gasteiger partial charge >= 0.3 is 0 Å². The number of nitrogens with zero attached hydrogens (tertiary/aromatic N) is 1. The van der Waals surface area contributed by atoms with Gasteiger partial charge < -0.3 is 27.3 Å². The normalized spacial score (nSPS) is 10.3. The van der Waals surface area contributed by atoms with Crippen molar-refractivity contribution >= 4 is 49.3 Å². The molecule has 1 rings (SSSR count). The quantitative estimate of drug-likeness (QED) is 0.158. The van der Waals surface area contributed by atoms with E-state index in [1.54, 1.807) is 0 Å². The zero-order chi connectivity index (χ0) is 24.2. The number of amides is 1. The summed E-state index contributed by atoms with van der Waals surface area (Å²) in [7, 11) is 3.01. The summed E-state index contributed by atoms with van der Waals surface area (Å²) < 4.78 is 7.19. The molecule has 0 radical (unpaired) electrons. The van der Waals surface area contributed by atoms with Crippen LogP contribution in [0.3, 0.4) is 0 Å². The van der Waals surface area contributed by atoms with Crippen LogP contribution >= 0.6 is 31.9 Å². The summed E-state index contributed by atoms with van der Waals surface area (Å²) in [6.07, 6.45) is 4.73. The lowest BCUT2D eigenvalue weighted by molar-refractivity contribution is -0.114. The molecule has 0 aliphatic heterocycles. The van der Waals surface area contributed by atoms with Gasteiger partial charge in [-0.1, -0.05) is 19.8 Å². The maximum atomic E-state index is 11.3. The molecule has 0 aliphatic carbocycles. The van der Waals surface area contributed by atoms with Crippen molar-refractivity contribution < 1.29 is 9.53 Å².